The van der Waals surface area contributed by atoms with E-state index in [9.17, 15) is 14.0 Å². The van der Waals surface area contributed by atoms with Crippen LogP contribution in [0.2, 0.25) is 0 Å². The standard InChI is InChI=1S/C21H21FN4O2S/c1-3-19(28)23-17-11-7-15(8-12-17)20-24-25-21(26(20)4-2)29-13-18(27)14-5-9-16(22)10-6-14/h5-12H,3-4,13H2,1-2H3,(H,23,28). The van der Waals surface area contributed by atoms with Crippen LogP contribution >= 0.6 is 11.8 Å². The Balaban J connectivity index is 1.72. The van der Waals surface area contributed by atoms with Crippen molar-refractivity contribution in [3.63, 3.8) is 0 Å². The highest BCUT2D eigenvalue weighted by Crippen LogP contribution is 2.25. The van der Waals surface area contributed by atoms with Gasteiger partial charge in [0.1, 0.15) is 5.82 Å². The van der Waals surface area contributed by atoms with E-state index >= 15 is 0 Å². The predicted octanol–water partition coefficient (Wildman–Crippen LogP) is 4.43. The SMILES string of the molecule is CCC(=O)Nc1ccc(-c2nnc(SCC(=O)c3ccc(F)cc3)n2CC)cc1. The van der Waals surface area contributed by atoms with Crippen LogP contribution in [0.15, 0.2) is 53.7 Å². The van der Waals surface area contributed by atoms with Crippen molar-refractivity contribution in [3.8, 4) is 11.4 Å². The van der Waals surface area contributed by atoms with Crippen LogP contribution in [0.3, 0.4) is 0 Å². The number of halogens is 1. The van der Waals surface area contributed by atoms with Crippen LogP contribution in [-0.2, 0) is 11.3 Å². The van der Waals surface area contributed by atoms with Crippen LogP contribution in [0.1, 0.15) is 30.6 Å². The molecule has 8 heteroatoms. The molecule has 0 bridgehead atoms. The van der Waals surface area contributed by atoms with Gasteiger partial charge in [0.15, 0.2) is 16.8 Å². The smallest absolute Gasteiger partial charge is 0.224 e. The van der Waals surface area contributed by atoms with E-state index in [2.05, 4.69) is 15.5 Å². The molecule has 0 radical (unpaired) electrons. The molecule has 6 nitrogen and oxygen atoms in total. The van der Waals surface area contributed by atoms with Gasteiger partial charge < -0.3 is 9.88 Å². The Morgan fingerprint density at radius 3 is 2.34 bits per heavy atom. The molecule has 3 aromatic rings. The lowest BCUT2D eigenvalue weighted by atomic mass is 10.1. The lowest BCUT2D eigenvalue weighted by Gasteiger charge is -2.08. The Hall–Kier alpha value is -3.00. The number of hydrogen-bond donors (Lipinski definition) is 1. The highest BCUT2D eigenvalue weighted by molar-refractivity contribution is 7.99. The number of thioether (sulfide) groups is 1. The number of nitrogens with one attached hydrogen (secondary N) is 1. The normalized spacial score (nSPS) is 10.7. The molecule has 0 saturated carbocycles. The minimum Gasteiger partial charge on any atom is -0.326 e. The molecule has 29 heavy (non-hydrogen) atoms. The largest absolute Gasteiger partial charge is 0.326 e. The Morgan fingerprint density at radius 2 is 1.72 bits per heavy atom. The first-order valence-electron chi connectivity index (χ1n) is 9.26. The van der Waals surface area contributed by atoms with Gasteiger partial charge in [0.05, 0.1) is 5.75 Å². The third-order valence-corrected chi connectivity index (χ3v) is 5.25. The van der Waals surface area contributed by atoms with Crippen molar-refractivity contribution >= 4 is 29.1 Å². The molecular weight excluding hydrogens is 391 g/mol. The van der Waals surface area contributed by atoms with Crippen molar-refractivity contribution in [2.45, 2.75) is 32.0 Å². The van der Waals surface area contributed by atoms with Gasteiger partial charge in [-0.25, -0.2) is 4.39 Å². The summed E-state index contributed by atoms with van der Waals surface area (Å²) in [5, 5.41) is 11.9. The van der Waals surface area contributed by atoms with E-state index in [1.165, 1.54) is 36.0 Å². The number of Topliss-reactive ketones (excluding diaryl/α,β-unsaturated/α-hetero) is 1. The number of amides is 1. The molecule has 2 aromatic carbocycles. The molecule has 0 aliphatic carbocycles. The van der Waals surface area contributed by atoms with E-state index in [0.717, 1.165) is 11.3 Å². The number of carbonyl (C=O) groups excluding carboxylic acids is 2. The second-order valence-corrected chi connectivity index (χ2v) is 7.19. The van der Waals surface area contributed by atoms with Crippen molar-refractivity contribution in [1.29, 1.82) is 0 Å². The lowest BCUT2D eigenvalue weighted by Crippen LogP contribution is -2.09. The van der Waals surface area contributed by atoms with Gasteiger partial charge >= 0.3 is 0 Å². The number of nitrogens with zero attached hydrogens (tertiary/aromatic N) is 3. The quantitative estimate of drug-likeness (QED) is 0.438. The van der Waals surface area contributed by atoms with Gasteiger partial charge in [0, 0.05) is 29.8 Å². The predicted molar refractivity (Wildman–Crippen MR) is 112 cm³/mol. The summed E-state index contributed by atoms with van der Waals surface area (Å²) >= 11 is 1.30. The van der Waals surface area contributed by atoms with Gasteiger partial charge in [-0.05, 0) is 55.5 Å². The fourth-order valence-electron chi connectivity index (χ4n) is 2.70. The Bertz CT molecular complexity index is 1000. The van der Waals surface area contributed by atoms with Crippen molar-refractivity contribution in [2.75, 3.05) is 11.1 Å². The minimum atomic E-state index is -0.371. The topological polar surface area (TPSA) is 76.9 Å². The number of rotatable bonds is 8. The molecular formula is C21H21FN4O2S. The number of benzene rings is 2. The average molecular weight is 412 g/mol. The molecule has 3 rings (SSSR count). The summed E-state index contributed by atoms with van der Waals surface area (Å²) in [4.78, 5) is 23.8. The molecule has 1 N–H and O–H groups in total. The first kappa shape index (κ1) is 20.7. The van der Waals surface area contributed by atoms with Crippen LogP contribution in [0.4, 0.5) is 10.1 Å². The number of carbonyl (C=O) groups is 2. The molecule has 0 atom stereocenters. The molecule has 1 heterocycles. The Labute approximate surface area is 172 Å². The van der Waals surface area contributed by atoms with E-state index in [-0.39, 0.29) is 23.3 Å². The Kier molecular flexibility index (Phi) is 6.77. The molecule has 0 fully saturated rings. The van der Waals surface area contributed by atoms with Crippen LogP contribution < -0.4 is 5.32 Å². The molecule has 0 saturated heterocycles. The second kappa shape index (κ2) is 9.47. The van der Waals surface area contributed by atoms with Gasteiger partial charge in [0.25, 0.3) is 0 Å². The van der Waals surface area contributed by atoms with Crippen LogP contribution in [0, 0.1) is 5.82 Å². The number of aromatic nitrogens is 3. The second-order valence-electron chi connectivity index (χ2n) is 6.25. The van der Waals surface area contributed by atoms with Crippen LogP contribution in [0.5, 0.6) is 0 Å². The third kappa shape index (κ3) is 5.08. The van der Waals surface area contributed by atoms with Gasteiger partial charge in [-0.3, -0.25) is 9.59 Å². The maximum Gasteiger partial charge on any atom is 0.224 e. The molecule has 0 aliphatic rings. The number of anilines is 1. The maximum absolute atomic E-state index is 13.0. The molecule has 0 aliphatic heterocycles. The summed E-state index contributed by atoms with van der Waals surface area (Å²) in [5.74, 6) is 0.366. The Morgan fingerprint density at radius 1 is 1.03 bits per heavy atom. The summed E-state index contributed by atoms with van der Waals surface area (Å²) in [6.45, 7) is 4.42. The van der Waals surface area contributed by atoms with Gasteiger partial charge in [0.2, 0.25) is 5.91 Å². The highest BCUT2D eigenvalue weighted by Gasteiger charge is 2.15. The van der Waals surface area contributed by atoms with Gasteiger partial charge in [-0.1, -0.05) is 18.7 Å². The fraction of sp³-hybridized carbons (Fsp3) is 0.238. The number of ketones is 1. The molecule has 1 aromatic heterocycles. The zero-order valence-electron chi connectivity index (χ0n) is 16.2. The van der Waals surface area contributed by atoms with Crippen LogP contribution in [-0.4, -0.2) is 32.2 Å². The van der Waals surface area contributed by atoms with E-state index in [1.807, 2.05) is 35.8 Å². The first-order chi connectivity index (χ1) is 14.0. The van der Waals surface area contributed by atoms with Crippen LogP contribution in [0.25, 0.3) is 11.4 Å². The van der Waals surface area contributed by atoms with E-state index < -0.39 is 0 Å². The summed E-state index contributed by atoms with van der Waals surface area (Å²) in [6, 6.07) is 12.9. The fourth-order valence-corrected chi connectivity index (χ4v) is 3.59. The van der Waals surface area contributed by atoms with Crippen molar-refractivity contribution in [3.05, 3.63) is 59.9 Å². The molecule has 0 unspecified atom stereocenters. The number of hydrogen-bond acceptors (Lipinski definition) is 5. The molecule has 150 valence electrons. The van der Waals surface area contributed by atoms with Crippen molar-refractivity contribution in [1.82, 2.24) is 14.8 Å². The zero-order chi connectivity index (χ0) is 20.8. The maximum atomic E-state index is 13.0. The van der Waals surface area contributed by atoms with E-state index in [1.54, 1.807) is 6.92 Å². The van der Waals surface area contributed by atoms with Gasteiger partial charge in [-0.2, -0.15) is 0 Å². The highest BCUT2D eigenvalue weighted by atomic mass is 32.2. The minimum absolute atomic E-state index is 0.0426. The monoisotopic (exact) mass is 412 g/mol. The van der Waals surface area contributed by atoms with E-state index in [4.69, 9.17) is 0 Å². The lowest BCUT2D eigenvalue weighted by molar-refractivity contribution is -0.115. The summed E-state index contributed by atoms with van der Waals surface area (Å²) < 4.78 is 14.9. The zero-order valence-corrected chi connectivity index (χ0v) is 17.0. The van der Waals surface area contributed by atoms with E-state index in [0.29, 0.717) is 29.5 Å². The molecule has 1 amide bonds. The molecule has 0 spiro atoms. The van der Waals surface area contributed by atoms with Gasteiger partial charge in [-0.15, -0.1) is 10.2 Å². The average Bonchev–Trinajstić information content (AvgIpc) is 3.15. The van der Waals surface area contributed by atoms with Crippen molar-refractivity contribution < 1.29 is 14.0 Å². The summed E-state index contributed by atoms with van der Waals surface area (Å²) in [5.41, 5.74) is 2.06. The summed E-state index contributed by atoms with van der Waals surface area (Å²) in [6.07, 6.45) is 0.420. The van der Waals surface area contributed by atoms with Crippen molar-refractivity contribution in [2.24, 2.45) is 0 Å². The summed E-state index contributed by atoms with van der Waals surface area (Å²) in [7, 11) is 0. The third-order valence-electron chi connectivity index (χ3n) is 4.28. The first-order valence-corrected chi connectivity index (χ1v) is 10.3.